The van der Waals surface area contributed by atoms with E-state index in [4.69, 9.17) is 4.74 Å². The van der Waals surface area contributed by atoms with E-state index in [1.54, 1.807) is 0 Å². The second kappa shape index (κ2) is 3.23. The van der Waals surface area contributed by atoms with Gasteiger partial charge in [0.25, 0.3) is 0 Å². The van der Waals surface area contributed by atoms with Gasteiger partial charge in [0.15, 0.2) is 5.78 Å². The number of allylic oxidation sites excluding steroid dienone is 1. The largest absolute Gasteiger partial charge is 0.457 e. The normalized spacial score (nSPS) is 33.4. The summed E-state index contributed by atoms with van der Waals surface area (Å²) < 4.78 is 4.97. The Balaban J connectivity index is 1.98. The molecule has 14 heavy (non-hydrogen) atoms. The van der Waals surface area contributed by atoms with Gasteiger partial charge >= 0.3 is 5.97 Å². The summed E-state index contributed by atoms with van der Waals surface area (Å²) >= 11 is 0. The minimum Gasteiger partial charge on any atom is -0.457 e. The first-order valence-electron chi connectivity index (χ1n) is 4.98. The summed E-state index contributed by atoms with van der Waals surface area (Å²) in [4.78, 5) is 22.4. The third-order valence-electron chi connectivity index (χ3n) is 3.09. The number of ether oxygens (including phenoxy) is 1. The molecule has 0 N–H and O–H groups in total. The van der Waals surface area contributed by atoms with Gasteiger partial charge in [0.05, 0.1) is 5.41 Å². The Labute approximate surface area is 83.1 Å². The first-order chi connectivity index (χ1) is 6.62. The van der Waals surface area contributed by atoms with Crippen molar-refractivity contribution in [2.24, 2.45) is 11.3 Å². The minimum absolute atomic E-state index is 0.0842. The van der Waals surface area contributed by atoms with Gasteiger partial charge in [0, 0.05) is 0 Å². The summed E-state index contributed by atoms with van der Waals surface area (Å²) in [6, 6.07) is 0. The zero-order valence-electron chi connectivity index (χ0n) is 8.29. The molecule has 2 rings (SSSR count). The average molecular weight is 194 g/mol. The van der Waals surface area contributed by atoms with Crippen LogP contribution in [0.1, 0.15) is 26.2 Å². The van der Waals surface area contributed by atoms with Gasteiger partial charge in [-0.1, -0.05) is 12.2 Å². The summed E-state index contributed by atoms with van der Waals surface area (Å²) in [7, 11) is 0. The smallest absolute Gasteiger partial charge is 0.316 e. The molecule has 0 radical (unpaired) electrons. The predicted molar refractivity (Wildman–Crippen MR) is 50.6 cm³/mol. The molecule has 2 bridgehead atoms. The molecule has 0 aromatic carbocycles. The fourth-order valence-electron chi connectivity index (χ4n) is 2.32. The van der Waals surface area contributed by atoms with Crippen molar-refractivity contribution < 1.29 is 14.3 Å². The number of Topliss-reactive ketones (excluding diaryl/α,β-unsaturated/α-hetero) is 1. The molecule has 2 aliphatic carbocycles. The highest BCUT2D eigenvalue weighted by atomic mass is 16.5. The molecule has 2 unspecified atom stereocenters. The van der Waals surface area contributed by atoms with Crippen LogP contribution >= 0.6 is 0 Å². The Bertz CT molecular complexity index is 306. The number of esters is 1. The third kappa shape index (κ3) is 1.47. The van der Waals surface area contributed by atoms with E-state index in [0.29, 0.717) is 5.92 Å². The first-order valence-corrected chi connectivity index (χ1v) is 4.98. The molecule has 1 fully saturated rings. The van der Waals surface area contributed by atoms with Crippen LogP contribution in [0.15, 0.2) is 12.2 Å². The highest BCUT2D eigenvalue weighted by molar-refractivity contribution is 5.84. The molecule has 1 saturated carbocycles. The molecule has 0 aliphatic heterocycles. The number of fused-ring (bicyclic) bond motifs is 2. The summed E-state index contributed by atoms with van der Waals surface area (Å²) in [6.45, 7) is 1.34. The van der Waals surface area contributed by atoms with E-state index in [0.717, 1.165) is 19.3 Å². The van der Waals surface area contributed by atoms with Crippen molar-refractivity contribution in [3.63, 3.8) is 0 Å². The van der Waals surface area contributed by atoms with Crippen LogP contribution in [-0.4, -0.2) is 18.4 Å². The number of carbonyl (C=O) groups is 2. The van der Waals surface area contributed by atoms with Crippen LogP contribution in [0.5, 0.6) is 0 Å². The second-order valence-corrected chi connectivity index (χ2v) is 4.30. The maximum atomic E-state index is 11.7. The Morgan fingerprint density at radius 1 is 1.57 bits per heavy atom. The van der Waals surface area contributed by atoms with Gasteiger partial charge in [-0.3, -0.25) is 9.59 Å². The molecule has 0 heterocycles. The van der Waals surface area contributed by atoms with E-state index < -0.39 is 0 Å². The molecule has 2 aliphatic rings. The van der Waals surface area contributed by atoms with Crippen molar-refractivity contribution in [2.45, 2.75) is 26.2 Å². The molecule has 3 nitrogen and oxygen atoms in total. The lowest BCUT2D eigenvalue weighted by Gasteiger charge is -2.20. The number of carbonyl (C=O) groups excluding carboxylic acids is 2. The van der Waals surface area contributed by atoms with E-state index in [1.165, 1.54) is 6.92 Å². The highest BCUT2D eigenvalue weighted by Gasteiger charge is 2.47. The van der Waals surface area contributed by atoms with Crippen LogP contribution in [0.4, 0.5) is 0 Å². The van der Waals surface area contributed by atoms with Crippen LogP contribution < -0.4 is 0 Å². The van der Waals surface area contributed by atoms with Gasteiger partial charge in [-0.05, 0) is 32.1 Å². The Kier molecular flexibility index (Phi) is 2.17. The topological polar surface area (TPSA) is 43.4 Å². The summed E-state index contributed by atoms with van der Waals surface area (Å²) in [6.07, 6.45) is 6.89. The maximum Gasteiger partial charge on any atom is 0.316 e. The molecule has 0 aromatic heterocycles. The van der Waals surface area contributed by atoms with Gasteiger partial charge in [-0.15, -0.1) is 0 Å². The van der Waals surface area contributed by atoms with Crippen LogP contribution in [0, 0.1) is 11.3 Å². The van der Waals surface area contributed by atoms with Gasteiger partial charge in [-0.2, -0.15) is 0 Å². The minimum atomic E-state index is -0.389. The summed E-state index contributed by atoms with van der Waals surface area (Å²) in [5, 5.41) is 0. The van der Waals surface area contributed by atoms with E-state index in [9.17, 15) is 9.59 Å². The second-order valence-electron chi connectivity index (χ2n) is 4.30. The number of ketones is 1. The van der Waals surface area contributed by atoms with Gasteiger partial charge < -0.3 is 4.74 Å². The SMILES string of the molecule is CC(=O)COC(=O)C12C=CC(CC1)C2. The Morgan fingerprint density at radius 3 is 2.79 bits per heavy atom. The molecular weight excluding hydrogens is 180 g/mol. The van der Waals surface area contributed by atoms with Crippen molar-refractivity contribution in [3.05, 3.63) is 12.2 Å². The van der Waals surface area contributed by atoms with Crippen molar-refractivity contribution in [3.8, 4) is 0 Å². The maximum absolute atomic E-state index is 11.7. The average Bonchev–Trinajstić information content (AvgIpc) is 2.74. The van der Waals surface area contributed by atoms with Crippen molar-refractivity contribution in [1.82, 2.24) is 0 Å². The predicted octanol–water partition coefficient (Wildman–Crippen LogP) is 1.47. The van der Waals surface area contributed by atoms with Crippen LogP contribution in [0.2, 0.25) is 0 Å². The highest BCUT2D eigenvalue weighted by Crippen LogP contribution is 2.49. The molecule has 76 valence electrons. The molecule has 3 heteroatoms. The monoisotopic (exact) mass is 194 g/mol. The third-order valence-corrected chi connectivity index (χ3v) is 3.09. The number of hydrogen-bond donors (Lipinski definition) is 0. The summed E-state index contributed by atoms with van der Waals surface area (Å²) in [5.41, 5.74) is -0.389. The number of rotatable bonds is 3. The standard InChI is InChI=1S/C11H14O3/c1-8(12)7-14-10(13)11-4-2-9(6-11)3-5-11/h2,4,9H,3,5-7H2,1H3. The summed E-state index contributed by atoms with van der Waals surface area (Å²) in [5.74, 6) is 0.232. The first kappa shape index (κ1) is 9.44. The van der Waals surface area contributed by atoms with Crippen molar-refractivity contribution >= 4 is 11.8 Å². The van der Waals surface area contributed by atoms with Crippen molar-refractivity contribution in [1.29, 1.82) is 0 Å². The lowest BCUT2D eigenvalue weighted by atomic mass is 9.88. The van der Waals surface area contributed by atoms with Crippen LogP contribution in [-0.2, 0) is 14.3 Å². The fraction of sp³-hybridized carbons (Fsp3) is 0.636. The lowest BCUT2D eigenvalue weighted by Crippen LogP contribution is -2.28. The Morgan fingerprint density at radius 2 is 2.36 bits per heavy atom. The number of hydrogen-bond acceptors (Lipinski definition) is 3. The zero-order chi connectivity index (χ0) is 10.2. The zero-order valence-corrected chi connectivity index (χ0v) is 8.29. The van der Waals surface area contributed by atoms with E-state index >= 15 is 0 Å². The molecule has 0 aromatic rings. The fourth-order valence-corrected chi connectivity index (χ4v) is 2.32. The van der Waals surface area contributed by atoms with E-state index in [-0.39, 0.29) is 23.8 Å². The van der Waals surface area contributed by atoms with E-state index in [1.807, 2.05) is 6.08 Å². The van der Waals surface area contributed by atoms with Crippen LogP contribution in [0.25, 0.3) is 0 Å². The van der Waals surface area contributed by atoms with Gasteiger partial charge in [0.2, 0.25) is 0 Å². The molecule has 0 spiro atoms. The van der Waals surface area contributed by atoms with Crippen molar-refractivity contribution in [2.75, 3.05) is 6.61 Å². The van der Waals surface area contributed by atoms with Gasteiger partial charge in [0.1, 0.15) is 6.61 Å². The molecular formula is C11H14O3. The van der Waals surface area contributed by atoms with E-state index in [2.05, 4.69) is 6.08 Å². The van der Waals surface area contributed by atoms with Crippen LogP contribution in [0.3, 0.4) is 0 Å². The molecule has 0 amide bonds. The quantitative estimate of drug-likeness (QED) is 0.505. The molecule has 0 saturated heterocycles. The van der Waals surface area contributed by atoms with Gasteiger partial charge in [-0.25, -0.2) is 0 Å². The Hall–Kier alpha value is -1.12. The lowest BCUT2D eigenvalue weighted by molar-refractivity contribution is -0.155. The molecule has 2 atom stereocenters.